The first-order chi connectivity index (χ1) is 11.6. The average molecular weight is 367 g/mol. The van der Waals surface area contributed by atoms with Crippen LogP contribution in [0.2, 0.25) is 0 Å². The average Bonchev–Trinajstić information content (AvgIpc) is 2.51. The van der Waals surface area contributed by atoms with Crippen molar-refractivity contribution in [2.45, 2.75) is 33.2 Å². The van der Waals surface area contributed by atoms with Crippen molar-refractivity contribution in [3.63, 3.8) is 0 Å². The van der Waals surface area contributed by atoms with E-state index in [1.165, 1.54) is 0 Å². The molecule has 0 radical (unpaired) electrons. The van der Waals surface area contributed by atoms with Gasteiger partial charge in [-0.3, -0.25) is 14.6 Å². The van der Waals surface area contributed by atoms with Crippen molar-refractivity contribution < 1.29 is 9.59 Å². The minimum atomic E-state index is -0.691. The van der Waals surface area contributed by atoms with Crippen LogP contribution >= 0.6 is 12.2 Å². The van der Waals surface area contributed by atoms with E-state index in [-0.39, 0.29) is 24.0 Å². The number of hydrogen-bond donors (Lipinski definition) is 6. The number of aliphatic imine (C=N–C) groups is 1. The molecule has 9 N–H and O–H groups in total. The van der Waals surface area contributed by atoms with E-state index >= 15 is 0 Å². The number of hydrogen-bond acceptors (Lipinski definition) is 6. The number of carbonyl (C=O) groups is 2. The molecule has 0 fully saturated rings. The first-order valence-corrected chi connectivity index (χ1v) is 8.24. The summed E-state index contributed by atoms with van der Waals surface area (Å²) in [7, 11) is 0. The highest BCUT2D eigenvalue weighted by molar-refractivity contribution is 7.80. The number of nitrogens with two attached hydrogens (primary N) is 3. The third kappa shape index (κ3) is 6.07. The monoisotopic (exact) mass is 367 g/mol. The van der Waals surface area contributed by atoms with Gasteiger partial charge in [0, 0.05) is 5.70 Å². The molecule has 1 aliphatic heterocycles. The molecule has 1 rings (SSSR count). The summed E-state index contributed by atoms with van der Waals surface area (Å²) in [6.45, 7) is 5.77. The van der Waals surface area contributed by atoms with Crippen LogP contribution < -0.4 is 33.2 Å². The van der Waals surface area contributed by atoms with Gasteiger partial charge in [0.15, 0.2) is 0 Å². The summed E-state index contributed by atoms with van der Waals surface area (Å²) in [5.74, 6) is -0.592. The summed E-state index contributed by atoms with van der Waals surface area (Å²) in [6.07, 6.45) is 2.21. The molecule has 0 saturated carbocycles. The topological polar surface area (TPSA) is 161 Å². The van der Waals surface area contributed by atoms with E-state index in [9.17, 15) is 9.59 Å². The fourth-order valence-electron chi connectivity index (χ4n) is 2.03. The van der Waals surface area contributed by atoms with Crippen LogP contribution in [-0.2, 0) is 9.59 Å². The number of nitrogens with one attached hydrogen (secondary N) is 3. The number of nitrogens with zero attached hydrogens (tertiary/aromatic N) is 1. The Morgan fingerprint density at radius 3 is 2.48 bits per heavy atom. The van der Waals surface area contributed by atoms with E-state index in [1.54, 1.807) is 6.08 Å². The molecule has 10 heteroatoms. The van der Waals surface area contributed by atoms with Crippen molar-refractivity contribution in [2.24, 2.45) is 28.1 Å². The maximum absolute atomic E-state index is 11.6. The second-order valence-electron chi connectivity index (χ2n) is 5.82. The molecule has 0 aliphatic carbocycles. The molecule has 0 aromatic carbocycles. The van der Waals surface area contributed by atoms with Gasteiger partial charge in [0.25, 0.3) is 5.91 Å². The maximum Gasteiger partial charge on any atom is 0.268 e. The Kier molecular flexibility index (Phi) is 7.37. The molecule has 1 heterocycles. The molecule has 9 nitrogen and oxygen atoms in total. The number of amidine groups is 1. The molecule has 2 amide bonds. The number of thiocarbonyl (C=S) groups is 1. The van der Waals surface area contributed by atoms with Gasteiger partial charge in [-0.25, -0.2) is 0 Å². The Hall–Kier alpha value is -2.62. The second-order valence-corrected chi connectivity index (χ2v) is 6.26. The Balaban J connectivity index is 3.07. The highest BCUT2D eigenvalue weighted by atomic mass is 32.1. The third-order valence-corrected chi connectivity index (χ3v) is 3.61. The molecule has 1 atom stereocenters. The molecule has 0 spiro atoms. The predicted octanol–water partition coefficient (Wildman–Crippen LogP) is -1.09. The van der Waals surface area contributed by atoms with Gasteiger partial charge in [0.05, 0.1) is 6.54 Å². The van der Waals surface area contributed by atoms with Gasteiger partial charge >= 0.3 is 0 Å². The lowest BCUT2D eigenvalue weighted by molar-refractivity contribution is -0.120. The summed E-state index contributed by atoms with van der Waals surface area (Å²) in [4.78, 5) is 27.7. The van der Waals surface area contributed by atoms with E-state index in [4.69, 9.17) is 29.4 Å². The SMILES string of the molecule is CCC(N)=CC(=S)NC1=C(C(N)=O)NCC(=N[C@@H](C(N)=O)C(C)C)N1. The third-order valence-electron chi connectivity index (χ3n) is 3.39. The van der Waals surface area contributed by atoms with Crippen LogP contribution in [-0.4, -0.2) is 35.2 Å². The maximum atomic E-state index is 11.6. The smallest absolute Gasteiger partial charge is 0.268 e. The predicted molar refractivity (Wildman–Crippen MR) is 101 cm³/mol. The van der Waals surface area contributed by atoms with Crippen molar-refractivity contribution in [1.29, 1.82) is 0 Å². The Labute approximate surface area is 152 Å². The van der Waals surface area contributed by atoms with Crippen LogP contribution in [0.15, 0.2) is 28.3 Å². The van der Waals surface area contributed by atoms with Crippen LogP contribution in [0.4, 0.5) is 0 Å². The zero-order valence-electron chi connectivity index (χ0n) is 14.6. The van der Waals surface area contributed by atoms with Crippen molar-refractivity contribution in [2.75, 3.05) is 6.54 Å². The molecule has 1 aliphatic rings. The number of carbonyl (C=O) groups excluding carboxylic acids is 2. The largest absolute Gasteiger partial charge is 0.402 e. The van der Waals surface area contributed by atoms with E-state index in [0.29, 0.717) is 22.9 Å². The summed E-state index contributed by atoms with van der Waals surface area (Å²) in [5, 5.41) is 8.66. The van der Waals surface area contributed by atoms with Crippen LogP contribution in [0.5, 0.6) is 0 Å². The van der Waals surface area contributed by atoms with Crippen LogP contribution in [0.25, 0.3) is 0 Å². The standard InChI is InChI=1S/C15H25N7O2S/c1-4-8(16)5-10(25)22-15-12(14(18)24)19-6-9(21-15)20-11(7(2)3)13(17)23/h5,7,11,19H,4,6,16H2,1-3H3,(H2,17,23)(H2,18,24)(H,20,21)(H,22,25)/t11-/m1/s1. The summed E-state index contributed by atoms with van der Waals surface area (Å²) in [5.41, 5.74) is 17.2. The van der Waals surface area contributed by atoms with E-state index in [2.05, 4.69) is 20.9 Å². The van der Waals surface area contributed by atoms with Crippen LogP contribution in [0.3, 0.4) is 0 Å². The Bertz CT molecular complexity index is 652. The van der Waals surface area contributed by atoms with Crippen molar-refractivity contribution >= 4 is 34.9 Å². The number of rotatable bonds is 7. The van der Waals surface area contributed by atoms with Gasteiger partial charge in [-0.05, 0) is 18.4 Å². The molecular formula is C15H25N7O2S. The van der Waals surface area contributed by atoms with E-state index in [0.717, 1.165) is 0 Å². The highest BCUT2D eigenvalue weighted by Gasteiger charge is 2.24. The summed E-state index contributed by atoms with van der Waals surface area (Å²) >= 11 is 5.19. The Morgan fingerprint density at radius 1 is 1.36 bits per heavy atom. The van der Waals surface area contributed by atoms with Crippen LogP contribution in [0.1, 0.15) is 27.2 Å². The lowest BCUT2D eigenvalue weighted by Crippen LogP contribution is -2.50. The molecule has 0 saturated heterocycles. The van der Waals surface area contributed by atoms with Gasteiger partial charge < -0.3 is 33.2 Å². The van der Waals surface area contributed by atoms with Gasteiger partial charge in [-0.1, -0.05) is 33.0 Å². The molecule has 0 unspecified atom stereocenters. The normalized spacial score (nSPS) is 17.8. The molecule has 25 heavy (non-hydrogen) atoms. The van der Waals surface area contributed by atoms with Gasteiger partial charge in [0.1, 0.15) is 28.4 Å². The number of primary amides is 2. The van der Waals surface area contributed by atoms with E-state index < -0.39 is 17.9 Å². The Morgan fingerprint density at radius 2 is 2.00 bits per heavy atom. The summed E-state index contributed by atoms with van der Waals surface area (Å²) < 4.78 is 0. The molecule has 0 bridgehead atoms. The lowest BCUT2D eigenvalue weighted by Gasteiger charge is -2.25. The quantitative estimate of drug-likeness (QED) is 0.246. The van der Waals surface area contributed by atoms with Gasteiger partial charge in [-0.2, -0.15) is 0 Å². The minimum absolute atomic E-state index is 0.0712. The number of amides is 2. The minimum Gasteiger partial charge on any atom is -0.402 e. The second kappa shape index (κ2) is 9.02. The molecular weight excluding hydrogens is 342 g/mol. The molecule has 0 aromatic heterocycles. The molecule has 138 valence electrons. The van der Waals surface area contributed by atoms with E-state index in [1.807, 2.05) is 20.8 Å². The highest BCUT2D eigenvalue weighted by Crippen LogP contribution is 2.08. The first-order valence-electron chi connectivity index (χ1n) is 7.83. The summed E-state index contributed by atoms with van der Waals surface area (Å²) in [6, 6.07) is -0.691. The van der Waals surface area contributed by atoms with Crippen molar-refractivity contribution in [3.8, 4) is 0 Å². The lowest BCUT2D eigenvalue weighted by atomic mass is 10.0. The van der Waals surface area contributed by atoms with Gasteiger partial charge in [-0.15, -0.1) is 0 Å². The zero-order chi connectivity index (χ0) is 19.1. The first kappa shape index (κ1) is 20.4. The molecule has 0 aromatic rings. The fraction of sp³-hybridized carbons (Fsp3) is 0.467. The van der Waals surface area contributed by atoms with Crippen molar-refractivity contribution in [1.82, 2.24) is 16.0 Å². The zero-order valence-corrected chi connectivity index (χ0v) is 15.4. The van der Waals surface area contributed by atoms with Gasteiger partial charge in [0.2, 0.25) is 5.91 Å². The van der Waals surface area contributed by atoms with Crippen molar-refractivity contribution in [3.05, 3.63) is 23.3 Å². The van der Waals surface area contributed by atoms with Crippen LogP contribution in [0, 0.1) is 5.92 Å². The number of allylic oxidation sites excluding steroid dienone is 1. The fourth-order valence-corrected chi connectivity index (χ4v) is 2.29.